The molecule has 1 fully saturated rings. The predicted molar refractivity (Wildman–Crippen MR) is 100 cm³/mol. The van der Waals surface area contributed by atoms with E-state index >= 15 is 0 Å². The van der Waals surface area contributed by atoms with E-state index in [0.29, 0.717) is 16.5 Å². The number of nitriles is 1. The molecule has 0 saturated carbocycles. The molecule has 1 unspecified atom stereocenters. The number of rotatable bonds is 8. The molecule has 30 heavy (non-hydrogen) atoms. The third-order valence-corrected chi connectivity index (χ3v) is 7.50. The number of carboxylic acid groups (broad SMARTS) is 1. The average Bonchev–Trinajstić information content (AvgIpc) is 3.08. The number of hydrogen-bond acceptors (Lipinski definition) is 11. The summed E-state index contributed by atoms with van der Waals surface area (Å²) in [7, 11) is 0.00656. The van der Waals surface area contributed by atoms with Gasteiger partial charge in [0.1, 0.15) is 22.9 Å². The number of tetrazole rings is 1. The molecule has 2 aliphatic heterocycles. The maximum atomic E-state index is 12.5. The number of aromatic nitrogens is 4. The van der Waals surface area contributed by atoms with Crippen molar-refractivity contribution in [2.45, 2.75) is 16.6 Å². The summed E-state index contributed by atoms with van der Waals surface area (Å²) in [5.74, 6) is -2.79. The minimum absolute atomic E-state index is 0. The Bertz CT molecular complexity index is 962. The topological polar surface area (TPSA) is 174 Å². The zero-order chi connectivity index (χ0) is 21.1. The molecule has 154 valence electrons. The SMILES string of the molecule is Cn1nnnc1SCC1=C(C(=O)[O-])N2C(=O)[C@@H](NC(=O)CS(=O)CC#N)[C@H]2SC1.[Na+]. The van der Waals surface area contributed by atoms with E-state index in [0.717, 1.165) is 4.90 Å². The molecule has 3 heterocycles. The third kappa shape index (κ3) is 5.24. The largest absolute Gasteiger partial charge is 1.00 e. The van der Waals surface area contributed by atoms with Gasteiger partial charge in [-0.15, -0.1) is 16.9 Å². The van der Waals surface area contributed by atoms with Gasteiger partial charge in [0.25, 0.3) is 5.91 Å². The zero-order valence-corrected chi connectivity index (χ0v) is 20.4. The van der Waals surface area contributed by atoms with Gasteiger partial charge in [-0.2, -0.15) is 5.26 Å². The van der Waals surface area contributed by atoms with Crippen molar-refractivity contribution in [3.05, 3.63) is 11.3 Å². The van der Waals surface area contributed by atoms with Crippen LogP contribution < -0.4 is 40.0 Å². The van der Waals surface area contributed by atoms with Crippen molar-refractivity contribution >= 4 is 52.1 Å². The minimum atomic E-state index is -1.64. The van der Waals surface area contributed by atoms with Crippen molar-refractivity contribution in [3.63, 3.8) is 0 Å². The van der Waals surface area contributed by atoms with Gasteiger partial charge in [-0.05, 0) is 16.0 Å². The van der Waals surface area contributed by atoms with Crippen LogP contribution in [0.15, 0.2) is 16.4 Å². The fourth-order valence-corrected chi connectivity index (χ4v) is 5.72. The van der Waals surface area contributed by atoms with Crippen molar-refractivity contribution in [2.24, 2.45) is 7.05 Å². The summed E-state index contributed by atoms with van der Waals surface area (Å²) >= 11 is 2.54. The van der Waals surface area contributed by atoms with Crippen LogP contribution in [0.4, 0.5) is 0 Å². The molecular formula is C14H14N7NaO5S3. The molecule has 1 N–H and O–H groups in total. The van der Waals surface area contributed by atoms with Gasteiger partial charge in [-0.3, -0.25) is 18.7 Å². The number of amides is 2. The smallest absolute Gasteiger partial charge is 0.543 e. The van der Waals surface area contributed by atoms with Gasteiger partial charge in [0.05, 0.1) is 17.7 Å². The number of thioether (sulfide) groups is 2. The Labute approximate surface area is 203 Å². The molecule has 2 amide bonds. The molecule has 0 radical (unpaired) electrons. The maximum absolute atomic E-state index is 12.5. The first kappa shape index (κ1) is 24.8. The number of fused-ring (bicyclic) bond motifs is 1. The summed E-state index contributed by atoms with van der Waals surface area (Å²) in [6, 6.07) is 0.785. The molecule has 0 aliphatic carbocycles. The second-order valence-corrected chi connectivity index (χ2v) is 9.46. The minimum Gasteiger partial charge on any atom is -0.543 e. The first-order valence-corrected chi connectivity index (χ1v) is 11.6. The molecule has 0 spiro atoms. The first-order valence-electron chi connectivity index (χ1n) is 8.08. The van der Waals surface area contributed by atoms with Gasteiger partial charge >= 0.3 is 29.6 Å². The quantitative estimate of drug-likeness (QED) is 0.213. The van der Waals surface area contributed by atoms with E-state index in [1.165, 1.54) is 28.2 Å². The second kappa shape index (κ2) is 10.7. The average molecular weight is 480 g/mol. The molecular weight excluding hydrogens is 465 g/mol. The van der Waals surface area contributed by atoms with Gasteiger partial charge in [0.15, 0.2) is 0 Å². The monoisotopic (exact) mass is 479 g/mol. The Morgan fingerprint density at radius 1 is 1.50 bits per heavy atom. The van der Waals surface area contributed by atoms with Crippen molar-refractivity contribution in [1.29, 1.82) is 5.26 Å². The number of hydrogen-bond donors (Lipinski definition) is 1. The van der Waals surface area contributed by atoms with Crippen LogP contribution in [0.3, 0.4) is 0 Å². The number of β-lactam (4-membered cyclic amide) rings is 1. The van der Waals surface area contributed by atoms with Crippen molar-refractivity contribution in [3.8, 4) is 6.07 Å². The number of carboxylic acids is 1. The van der Waals surface area contributed by atoms with E-state index in [-0.39, 0.29) is 46.8 Å². The standard InChI is InChI=1S/C14H15N7O5S3.Na/c1-20-14(17-18-19-20)28-5-7-4-27-12-9(11(23)21(12)10(7)13(24)25)16-8(22)6-29(26)3-2-15;/h9,12H,3-6H2,1H3,(H,16,22)(H,24,25);/q;+1/p-1/t9-,12-,29?;/m1./s1. The Hall–Kier alpha value is -1.44. The van der Waals surface area contributed by atoms with Gasteiger partial charge < -0.3 is 15.2 Å². The van der Waals surface area contributed by atoms with Crippen LogP contribution in [0.1, 0.15) is 0 Å². The summed E-state index contributed by atoms with van der Waals surface area (Å²) < 4.78 is 12.9. The molecule has 16 heteroatoms. The van der Waals surface area contributed by atoms with E-state index < -0.39 is 45.8 Å². The van der Waals surface area contributed by atoms with Gasteiger partial charge in [0, 0.05) is 29.4 Å². The van der Waals surface area contributed by atoms with E-state index in [1.54, 1.807) is 13.1 Å². The molecule has 1 aromatic heterocycles. The van der Waals surface area contributed by atoms with Crippen molar-refractivity contribution in [2.75, 3.05) is 23.0 Å². The van der Waals surface area contributed by atoms with Crippen LogP contribution in [0.25, 0.3) is 0 Å². The molecule has 0 bridgehead atoms. The van der Waals surface area contributed by atoms with Crippen LogP contribution in [0, 0.1) is 11.3 Å². The summed E-state index contributed by atoms with van der Waals surface area (Å²) in [6.45, 7) is 0. The summed E-state index contributed by atoms with van der Waals surface area (Å²) in [4.78, 5) is 37.2. The summed E-state index contributed by atoms with van der Waals surface area (Å²) in [5.41, 5.74) is 0.285. The summed E-state index contributed by atoms with van der Waals surface area (Å²) in [6.07, 6.45) is 0. The third-order valence-electron chi connectivity index (χ3n) is 4.03. The van der Waals surface area contributed by atoms with Crippen LogP contribution in [0.2, 0.25) is 0 Å². The second-order valence-electron chi connectivity index (χ2n) is 5.95. The van der Waals surface area contributed by atoms with Crippen LogP contribution >= 0.6 is 23.5 Å². The number of aliphatic carboxylic acids is 1. The van der Waals surface area contributed by atoms with Crippen molar-refractivity contribution in [1.82, 2.24) is 30.4 Å². The Balaban J connectivity index is 0.00000320. The van der Waals surface area contributed by atoms with Gasteiger partial charge in [-0.1, -0.05) is 11.8 Å². The van der Waals surface area contributed by atoms with Crippen LogP contribution in [0.5, 0.6) is 0 Å². The fourth-order valence-electron chi connectivity index (χ4n) is 2.76. The molecule has 3 atom stereocenters. The Morgan fingerprint density at radius 2 is 2.23 bits per heavy atom. The zero-order valence-electron chi connectivity index (χ0n) is 15.9. The van der Waals surface area contributed by atoms with E-state index in [9.17, 15) is 23.7 Å². The van der Waals surface area contributed by atoms with Crippen LogP contribution in [-0.4, -0.2) is 81.5 Å². The van der Waals surface area contributed by atoms with E-state index in [2.05, 4.69) is 20.8 Å². The number of aryl methyl sites for hydroxylation is 1. The fraction of sp³-hybridized carbons (Fsp3) is 0.500. The molecule has 2 aliphatic rings. The first-order chi connectivity index (χ1) is 13.8. The molecule has 0 aromatic carbocycles. The van der Waals surface area contributed by atoms with E-state index in [4.69, 9.17) is 5.26 Å². The Morgan fingerprint density at radius 3 is 2.83 bits per heavy atom. The van der Waals surface area contributed by atoms with Gasteiger partial charge in [0.2, 0.25) is 11.1 Å². The number of carbonyl (C=O) groups excluding carboxylic acids is 3. The molecule has 1 saturated heterocycles. The number of nitrogens with one attached hydrogen (secondary N) is 1. The molecule has 12 nitrogen and oxygen atoms in total. The normalized spacial score (nSPS) is 21.1. The predicted octanol–water partition coefficient (Wildman–Crippen LogP) is -6.02. The summed E-state index contributed by atoms with van der Waals surface area (Å²) in [5, 5.41) is 33.6. The van der Waals surface area contributed by atoms with Gasteiger partial charge in [-0.25, -0.2) is 4.68 Å². The van der Waals surface area contributed by atoms with Crippen molar-refractivity contribution < 1.29 is 53.3 Å². The molecule has 3 rings (SSSR count). The molecule has 1 aromatic rings. The Kier molecular flexibility index (Phi) is 8.88. The van der Waals surface area contributed by atoms with E-state index in [1.807, 2.05) is 0 Å². The number of carbonyl (C=O) groups is 3. The maximum Gasteiger partial charge on any atom is 1.00 e. The number of nitrogens with zero attached hydrogens (tertiary/aromatic N) is 6. The van der Waals surface area contributed by atoms with Crippen LogP contribution in [-0.2, 0) is 32.2 Å².